The number of hydrogen-bond acceptors (Lipinski definition) is 2. The Morgan fingerprint density at radius 2 is 2.31 bits per heavy atom. The van der Waals surface area contributed by atoms with E-state index in [1.165, 1.54) is 12.1 Å². The summed E-state index contributed by atoms with van der Waals surface area (Å²) in [4.78, 5) is 15.7. The van der Waals surface area contributed by atoms with Gasteiger partial charge in [-0.25, -0.2) is 4.39 Å². The van der Waals surface area contributed by atoms with E-state index >= 15 is 0 Å². The van der Waals surface area contributed by atoms with Crippen molar-refractivity contribution in [1.29, 1.82) is 0 Å². The van der Waals surface area contributed by atoms with Crippen molar-refractivity contribution in [2.45, 2.75) is 12.3 Å². The molecule has 80 valence electrons. The van der Waals surface area contributed by atoms with Crippen molar-refractivity contribution >= 4 is 17.8 Å². The van der Waals surface area contributed by atoms with E-state index in [4.69, 9.17) is 0 Å². The van der Waals surface area contributed by atoms with Crippen LogP contribution in [0.25, 0.3) is 0 Å². The van der Waals surface area contributed by atoms with Gasteiger partial charge in [-0.3, -0.25) is 9.79 Å². The highest BCUT2D eigenvalue weighted by Crippen LogP contribution is 2.38. The third-order valence-electron chi connectivity index (χ3n) is 2.93. The fourth-order valence-electron chi connectivity index (χ4n) is 2.16. The zero-order chi connectivity index (χ0) is 11.1. The fourth-order valence-corrected chi connectivity index (χ4v) is 2.16. The first-order chi connectivity index (χ1) is 7.75. The van der Waals surface area contributed by atoms with Gasteiger partial charge in [-0.1, -0.05) is 0 Å². The molecule has 0 aromatic heterocycles. The summed E-state index contributed by atoms with van der Waals surface area (Å²) in [7, 11) is 0. The van der Waals surface area contributed by atoms with Gasteiger partial charge in [-0.05, 0) is 30.2 Å². The molecule has 0 saturated heterocycles. The molecule has 2 aliphatic heterocycles. The van der Waals surface area contributed by atoms with Crippen molar-refractivity contribution in [3.05, 3.63) is 41.4 Å². The summed E-state index contributed by atoms with van der Waals surface area (Å²) in [5.41, 5.74) is 2.14. The van der Waals surface area contributed by atoms with E-state index in [0.29, 0.717) is 17.7 Å². The average molecular weight is 216 g/mol. The molecule has 0 spiro atoms. The molecule has 0 aliphatic carbocycles. The lowest BCUT2D eigenvalue weighted by Gasteiger charge is -2.28. The molecule has 1 aromatic carbocycles. The lowest BCUT2D eigenvalue weighted by molar-refractivity contribution is -0.113. The van der Waals surface area contributed by atoms with Crippen molar-refractivity contribution in [3.8, 4) is 0 Å². The van der Waals surface area contributed by atoms with Gasteiger partial charge in [0.05, 0.1) is 0 Å². The topological polar surface area (TPSA) is 41.5 Å². The van der Waals surface area contributed by atoms with Crippen molar-refractivity contribution < 1.29 is 9.18 Å². The minimum atomic E-state index is -0.281. The van der Waals surface area contributed by atoms with Crippen LogP contribution in [-0.4, -0.2) is 12.1 Å². The first kappa shape index (κ1) is 9.27. The molecule has 0 bridgehead atoms. The first-order valence-electron chi connectivity index (χ1n) is 5.08. The van der Waals surface area contributed by atoms with Crippen LogP contribution in [0.2, 0.25) is 0 Å². The van der Waals surface area contributed by atoms with E-state index in [1.807, 2.05) is 0 Å². The molecule has 4 heteroatoms. The summed E-state index contributed by atoms with van der Waals surface area (Å²) in [6, 6.07) is 4.43. The third-order valence-corrected chi connectivity index (χ3v) is 2.93. The second-order valence-electron chi connectivity index (χ2n) is 3.89. The van der Waals surface area contributed by atoms with Gasteiger partial charge in [0.1, 0.15) is 5.82 Å². The van der Waals surface area contributed by atoms with Crippen LogP contribution in [0.1, 0.15) is 17.9 Å². The molecule has 1 amide bonds. The van der Waals surface area contributed by atoms with Crippen LogP contribution in [0.5, 0.6) is 0 Å². The highest BCUT2D eigenvalue weighted by molar-refractivity contribution is 6.08. The van der Waals surface area contributed by atoms with E-state index in [9.17, 15) is 9.18 Å². The summed E-state index contributed by atoms with van der Waals surface area (Å²) in [6.07, 6.45) is 3.95. The minimum absolute atomic E-state index is 0.0584. The zero-order valence-electron chi connectivity index (χ0n) is 8.40. The lowest BCUT2D eigenvalue weighted by atomic mass is 9.83. The summed E-state index contributed by atoms with van der Waals surface area (Å²) in [5.74, 6) is -0.477. The standard InChI is InChI=1S/C12H9FN2O/c13-7-1-2-11-9(5-7)8-3-4-14-6-10(8)12(16)15-11/h1-2,4-6,8H,3H2,(H,15,16). The van der Waals surface area contributed by atoms with Gasteiger partial charge < -0.3 is 5.32 Å². The predicted molar refractivity (Wildman–Crippen MR) is 59.0 cm³/mol. The number of hydrogen-bond donors (Lipinski definition) is 1. The van der Waals surface area contributed by atoms with Gasteiger partial charge in [-0.2, -0.15) is 0 Å². The third kappa shape index (κ3) is 1.26. The smallest absolute Gasteiger partial charge is 0.253 e. The van der Waals surface area contributed by atoms with Crippen molar-refractivity contribution in [2.75, 3.05) is 5.32 Å². The summed E-state index contributed by atoms with van der Waals surface area (Å²) >= 11 is 0. The van der Waals surface area contributed by atoms with Crippen LogP contribution in [0.15, 0.2) is 35.0 Å². The number of anilines is 1. The van der Waals surface area contributed by atoms with Gasteiger partial charge in [0.2, 0.25) is 0 Å². The Bertz CT molecular complexity index is 534. The predicted octanol–water partition coefficient (Wildman–Crippen LogP) is 2.22. The molecule has 3 rings (SSSR count). The van der Waals surface area contributed by atoms with Crippen LogP contribution in [-0.2, 0) is 4.79 Å². The second kappa shape index (κ2) is 3.27. The summed E-state index contributed by atoms with van der Waals surface area (Å²) in [6.45, 7) is 0. The molecule has 1 N–H and O–H groups in total. The maximum atomic E-state index is 13.2. The number of nitrogens with zero attached hydrogens (tertiary/aromatic N) is 1. The van der Waals surface area contributed by atoms with Crippen LogP contribution in [0, 0.1) is 5.82 Å². The molecule has 0 saturated carbocycles. The van der Waals surface area contributed by atoms with Gasteiger partial charge in [0.15, 0.2) is 0 Å². The second-order valence-corrected chi connectivity index (χ2v) is 3.89. The molecule has 2 aliphatic rings. The molecule has 0 radical (unpaired) electrons. The van der Waals surface area contributed by atoms with E-state index in [1.54, 1.807) is 18.5 Å². The van der Waals surface area contributed by atoms with Crippen molar-refractivity contribution in [1.82, 2.24) is 0 Å². The molecular formula is C12H9FN2O. The fraction of sp³-hybridized carbons (Fsp3) is 0.167. The molecule has 1 aromatic rings. The molecule has 1 unspecified atom stereocenters. The normalized spacial score (nSPS) is 21.9. The maximum Gasteiger partial charge on any atom is 0.253 e. The molecular weight excluding hydrogens is 207 g/mol. The Labute approximate surface area is 91.7 Å². The Kier molecular flexibility index (Phi) is 1.89. The van der Waals surface area contributed by atoms with E-state index < -0.39 is 0 Å². The lowest BCUT2D eigenvalue weighted by Crippen LogP contribution is -2.27. The van der Waals surface area contributed by atoms with Gasteiger partial charge >= 0.3 is 0 Å². The van der Waals surface area contributed by atoms with Crippen LogP contribution < -0.4 is 5.32 Å². The Morgan fingerprint density at radius 3 is 3.19 bits per heavy atom. The maximum absolute atomic E-state index is 13.2. The number of fused-ring (bicyclic) bond motifs is 3. The SMILES string of the molecule is O=C1Nc2ccc(F)cc2C2CC=NC=C12. The number of aliphatic imine (C=N–C) groups is 1. The van der Waals surface area contributed by atoms with Crippen LogP contribution in [0.3, 0.4) is 0 Å². The molecule has 0 fully saturated rings. The minimum Gasteiger partial charge on any atom is -0.322 e. The van der Waals surface area contributed by atoms with Gasteiger partial charge in [0, 0.05) is 29.6 Å². The largest absolute Gasteiger partial charge is 0.322 e. The number of rotatable bonds is 0. The van der Waals surface area contributed by atoms with Crippen LogP contribution in [0.4, 0.5) is 10.1 Å². The number of nitrogens with one attached hydrogen (secondary N) is 1. The molecule has 16 heavy (non-hydrogen) atoms. The molecule has 2 heterocycles. The number of carbonyl (C=O) groups excluding carboxylic acids is 1. The van der Waals surface area contributed by atoms with Gasteiger partial charge in [0.25, 0.3) is 5.91 Å². The Balaban J connectivity index is 2.18. The number of carbonyl (C=O) groups is 1. The highest BCUT2D eigenvalue weighted by atomic mass is 19.1. The van der Waals surface area contributed by atoms with Crippen LogP contribution >= 0.6 is 0 Å². The van der Waals surface area contributed by atoms with E-state index in [0.717, 1.165) is 5.56 Å². The quantitative estimate of drug-likeness (QED) is 0.709. The molecule has 3 nitrogen and oxygen atoms in total. The highest BCUT2D eigenvalue weighted by Gasteiger charge is 2.31. The number of halogens is 1. The number of amides is 1. The molecule has 1 atom stereocenters. The number of benzene rings is 1. The monoisotopic (exact) mass is 216 g/mol. The summed E-state index contributed by atoms with van der Waals surface area (Å²) in [5, 5.41) is 2.74. The summed E-state index contributed by atoms with van der Waals surface area (Å²) < 4.78 is 13.2. The van der Waals surface area contributed by atoms with Crippen molar-refractivity contribution in [2.24, 2.45) is 4.99 Å². The van der Waals surface area contributed by atoms with E-state index in [-0.39, 0.29) is 17.6 Å². The average Bonchev–Trinajstić information content (AvgIpc) is 2.31. The zero-order valence-corrected chi connectivity index (χ0v) is 8.40. The van der Waals surface area contributed by atoms with Gasteiger partial charge in [-0.15, -0.1) is 0 Å². The Hall–Kier alpha value is -1.97. The van der Waals surface area contributed by atoms with E-state index in [2.05, 4.69) is 10.3 Å². The Morgan fingerprint density at radius 1 is 1.44 bits per heavy atom. The van der Waals surface area contributed by atoms with Crippen molar-refractivity contribution in [3.63, 3.8) is 0 Å². The first-order valence-corrected chi connectivity index (χ1v) is 5.08.